The van der Waals surface area contributed by atoms with Gasteiger partial charge in [0.05, 0.1) is 39.6 Å². The molecule has 1 atom stereocenters. The third-order valence-corrected chi connectivity index (χ3v) is 4.66. The molecule has 0 rings (SSSR count). The highest BCUT2D eigenvalue weighted by Crippen LogP contribution is 2.33. The van der Waals surface area contributed by atoms with Crippen LogP contribution in [0.2, 0.25) is 0 Å². The minimum absolute atomic E-state index is 0.0527. The molecule has 0 aliphatic carbocycles. The Morgan fingerprint density at radius 3 is 1.54 bits per heavy atom. The number of aliphatic hydroxyl groups is 1. The Bertz CT molecular complexity index is 289. The molecular weight excluding hydrogens is 364 g/mol. The van der Waals surface area contributed by atoms with E-state index in [1.165, 1.54) is 25.7 Å². The second kappa shape index (κ2) is 20.0. The Hall–Kier alpha value is -0.280. The van der Waals surface area contributed by atoms with Gasteiger partial charge in [-0.05, 0) is 12.8 Å². The van der Waals surface area contributed by atoms with Crippen LogP contribution in [-0.2, 0) is 28.4 Å². The van der Waals surface area contributed by atoms with Gasteiger partial charge >= 0.3 is 0 Å². The molecule has 0 radical (unpaired) electrons. The molecule has 0 heterocycles. The summed E-state index contributed by atoms with van der Waals surface area (Å²) >= 11 is 0. The summed E-state index contributed by atoms with van der Waals surface area (Å²) in [5, 5.41) is 9.65. The average molecular weight is 409 g/mol. The first-order chi connectivity index (χ1) is 13.7. The van der Waals surface area contributed by atoms with Crippen LogP contribution in [0.15, 0.2) is 0 Å². The summed E-state index contributed by atoms with van der Waals surface area (Å²) in [5.41, 5.74) is 0. The highest BCUT2D eigenvalue weighted by molar-refractivity contribution is 4.73. The quantitative estimate of drug-likeness (QED) is 0.217. The molecule has 0 fully saturated rings. The van der Waals surface area contributed by atoms with Gasteiger partial charge in [-0.2, -0.15) is 0 Å². The predicted molar refractivity (Wildman–Crippen MR) is 109 cm³/mol. The Labute approximate surface area is 172 Å². The topological polar surface area (TPSA) is 75.6 Å². The van der Waals surface area contributed by atoms with Crippen molar-refractivity contribution in [3.8, 4) is 0 Å². The second-order valence-corrected chi connectivity index (χ2v) is 6.89. The standard InChI is InChI=1S/C21H44O7/c1-5-6-7-8-9-10-11-20(12-13-22)21(26-17-14-23-2,27-18-15-24-3)28-19-16-25-4/h20,22H,5-19H2,1-4H3. The number of rotatable bonds is 22. The van der Waals surface area contributed by atoms with E-state index in [-0.39, 0.29) is 12.5 Å². The third kappa shape index (κ3) is 13.0. The molecule has 0 aromatic carbocycles. The fourth-order valence-electron chi connectivity index (χ4n) is 3.11. The van der Waals surface area contributed by atoms with Crippen molar-refractivity contribution in [2.45, 2.75) is 64.3 Å². The van der Waals surface area contributed by atoms with E-state index in [2.05, 4.69) is 6.92 Å². The maximum atomic E-state index is 9.65. The molecule has 0 aromatic heterocycles. The molecule has 0 saturated heterocycles. The number of unbranched alkanes of at least 4 members (excludes halogenated alkanes) is 5. The zero-order valence-electron chi connectivity index (χ0n) is 18.6. The third-order valence-electron chi connectivity index (χ3n) is 4.66. The van der Waals surface area contributed by atoms with Crippen molar-refractivity contribution in [3.05, 3.63) is 0 Å². The maximum absolute atomic E-state index is 9.65. The Morgan fingerprint density at radius 1 is 0.643 bits per heavy atom. The summed E-state index contributed by atoms with van der Waals surface area (Å²) in [4.78, 5) is 0. The van der Waals surface area contributed by atoms with Crippen molar-refractivity contribution in [2.24, 2.45) is 5.92 Å². The molecule has 0 aliphatic rings. The Kier molecular flexibility index (Phi) is 19.8. The number of methoxy groups -OCH3 is 3. The van der Waals surface area contributed by atoms with Crippen molar-refractivity contribution in [1.82, 2.24) is 0 Å². The molecule has 7 nitrogen and oxygen atoms in total. The van der Waals surface area contributed by atoms with E-state index < -0.39 is 5.97 Å². The van der Waals surface area contributed by atoms with Crippen LogP contribution in [0.1, 0.15) is 58.3 Å². The molecule has 0 spiro atoms. The lowest BCUT2D eigenvalue weighted by molar-refractivity contribution is -0.410. The molecule has 0 bridgehead atoms. The van der Waals surface area contributed by atoms with Gasteiger partial charge < -0.3 is 33.5 Å². The second-order valence-electron chi connectivity index (χ2n) is 6.89. The van der Waals surface area contributed by atoms with Gasteiger partial charge in [-0.15, -0.1) is 0 Å². The van der Waals surface area contributed by atoms with Crippen LogP contribution in [0.3, 0.4) is 0 Å². The highest BCUT2D eigenvalue weighted by Gasteiger charge is 2.42. The van der Waals surface area contributed by atoms with Crippen LogP contribution in [0.25, 0.3) is 0 Å². The van der Waals surface area contributed by atoms with E-state index in [0.29, 0.717) is 46.1 Å². The van der Waals surface area contributed by atoms with Gasteiger partial charge in [-0.3, -0.25) is 0 Å². The lowest BCUT2D eigenvalue weighted by Gasteiger charge is -2.39. The summed E-state index contributed by atoms with van der Waals surface area (Å²) in [6.07, 6.45) is 8.63. The molecule has 0 aliphatic heterocycles. The van der Waals surface area contributed by atoms with E-state index in [0.717, 1.165) is 19.3 Å². The number of ether oxygens (including phenoxy) is 6. The molecule has 0 aromatic rings. The molecule has 170 valence electrons. The molecule has 28 heavy (non-hydrogen) atoms. The highest BCUT2D eigenvalue weighted by atomic mass is 16.9. The van der Waals surface area contributed by atoms with Gasteiger partial charge in [-0.25, -0.2) is 0 Å². The van der Waals surface area contributed by atoms with Crippen LogP contribution >= 0.6 is 0 Å². The van der Waals surface area contributed by atoms with E-state index >= 15 is 0 Å². The smallest absolute Gasteiger partial charge is 0.286 e. The lowest BCUT2D eigenvalue weighted by Crippen LogP contribution is -2.48. The number of aliphatic hydroxyl groups excluding tert-OH is 1. The van der Waals surface area contributed by atoms with Gasteiger partial charge in [0.25, 0.3) is 5.97 Å². The normalized spacial score (nSPS) is 13.2. The first-order valence-corrected chi connectivity index (χ1v) is 10.7. The molecule has 7 heteroatoms. The van der Waals surface area contributed by atoms with E-state index in [4.69, 9.17) is 28.4 Å². The monoisotopic (exact) mass is 408 g/mol. The van der Waals surface area contributed by atoms with Crippen LogP contribution in [0, 0.1) is 5.92 Å². The molecule has 1 N–H and O–H groups in total. The van der Waals surface area contributed by atoms with Crippen molar-refractivity contribution in [1.29, 1.82) is 0 Å². The van der Waals surface area contributed by atoms with E-state index in [1.807, 2.05) is 0 Å². The molecular formula is C21H44O7. The molecule has 1 unspecified atom stereocenters. The van der Waals surface area contributed by atoms with Gasteiger partial charge in [0.2, 0.25) is 0 Å². The van der Waals surface area contributed by atoms with Crippen molar-refractivity contribution < 1.29 is 33.5 Å². The van der Waals surface area contributed by atoms with Gasteiger partial charge in [0.1, 0.15) is 0 Å². The van der Waals surface area contributed by atoms with E-state index in [9.17, 15) is 5.11 Å². The van der Waals surface area contributed by atoms with E-state index in [1.54, 1.807) is 21.3 Å². The first-order valence-electron chi connectivity index (χ1n) is 10.7. The summed E-state index contributed by atoms with van der Waals surface area (Å²) < 4.78 is 33.6. The fraction of sp³-hybridized carbons (Fsp3) is 1.00. The lowest BCUT2D eigenvalue weighted by atomic mass is 9.94. The zero-order chi connectivity index (χ0) is 20.9. The minimum atomic E-state index is -1.23. The number of hydrogen-bond donors (Lipinski definition) is 1. The summed E-state index contributed by atoms with van der Waals surface area (Å²) in [5.74, 6) is -1.32. The van der Waals surface area contributed by atoms with Crippen LogP contribution in [0.4, 0.5) is 0 Å². The first kappa shape index (κ1) is 27.7. The SMILES string of the molecule is CCCCCCCCC(CCO)C(OCCOC)(OCCOC)OCCOC. The summed E-state index contributed by atoms with van der Waals surface area (Å²) in [6.45, 7) is 4.61. The fourth-order valence-corrected chi connectivity index (χ4v) is 3.11. The van der Waals surface area contributed by atoms with Crippen molar-refractivity contribution >= 4 is 0 Å². The summed E-state index contributed by atoms with van der Waals surface area (Å²) in [7, 11) is 4.89. The van der Waals surface area contributed by atoms with Crippen LogP contribution < -0.4 is 0 Å². The number of hydrogen-bond acceptors (Lipinski definition) is 7. The van der Waals surface area contributed by atoms with Gasteiger partial charge in [0, 0.05) is 33.9 Å². The largest absolute Gasteiger partial charge is 0.396 e. The Morgan fingerprint density at radius 2 is 1.11 bits per heavy atom. The predicted octanol–water partition coefficient (Wildman–Crippen LogP) is 3.38. The minimum Gasteiger partial charge on any atom is -0.396 e. The zero-order valence-corrected chi connectivity index (χ0v) is 18.6. The Balaban J connectivity index is 5.08. The van der Waals surface area contributed by atoms with Crippen molar-refractivity contribution in [2.75, 3.05) is 67.6 Å². The maximum Gasteiger partial charge on any atom is 0.286 e. The van der Waals surface area contributed by atoms with Crippen LogP contribution in [-0.4, -0.2) is 78.7 Å². The van der Waals surface area contributed by atoms with Gasteiger partial charge in [0.15, 0.2) is 0 Å². The van der Waals surface area contributed by atoms with Crippen molar-refractivity contribution in [3.63, 3.8) is 0 Å². The average Bonchev–Trinajstić information content (AvgIpc) is 2.70. The van der Waals surface area contributed by atoms with Crippen LogP contribution in [0.5, 0.6) is 0 Å². The van der Waals surface area contributed by atoms with Gasteiger partial charge in [-0.1, -0.05) is 45.4 Å². The summed E-state index contributed by atoms with van der Waals surface area (Å²) in [6, 6.07) is 0. The molecule has 0 amide bonds. The molecule has 0 saturated carbocycles.